The van der Waals surface area contributed by atoms with Crippen LogP contribution in [0.5, 0.6) is 0 Å². The quantitative estimate of drug-likeness (QED) is 0.804. The van der Waals surface area contributed by atoms with Crippen LogP contribution in [0.25, 0.3) is 0 Å². The number of carbonyl (C=O) groups excluding carboxylic acids is 1. The summed E-state index contributed by atoms with van der Waals surface area (Å²) in [6.45, 7) is 0. The minimum absolute atomic E-state index is 0.0874. The molecule has 1 fully saturated rings. The van der Waals surface area contributed by atoms with E-state index in [4.69, 9.17) is 5.73 Å². The maximum absolute atomic E-state index is 12.2. The van der Waals surface area contributed by atoms with Gasteiger partial charge < -0.3 is 11.1 Å². The molecule has 1 saturated carbocycles. The van der Waals surface area contributed by atoms with Crippen molar-refractivity contribution in [2.24, 2.45) is 5.73 Å². The molecule has 4 N–H and O–H groups in total. The molecule has 0 spiro atoms. The number of anilines is 1. The molecular formula is C14H17N5OS. The second-order valence-electron chi connectivity index (χ2n) is 5.23. The van der Waals surface area contributed by atoms with Crippen molar-refractivity contribution in [2.75, 3.05) is 5.32 Å². The molecule has 1 aromatic carbocycles. The van der Waals surface area contributed by atoms with Crippen LogP contribution in [0.2, 0.25) is 0 Å². The Bertz CT molecular complexity index is 605. The molecule has 1 aliphatic carbocycles. The summed E-state index contributed by atoms with van der Waals surface area (Å²) in [4.78, 5) is 17.3. The first-order chi connectivity index (χ1) is 10.2. The maximum atomic E-state index is 12.2. The van der Waals surface area contributed by atoms with Gasteiger partial charge in [0.1, 0.15) is 6.33 Å². The number of benzene rings is 1. The van der Waals surface area contributed by atoms with Crippen molar-refractivity contribution in [3.8, 4) is 0 Å². The van der Waals surface area contributed by atoms with E-state index >= 15 is 0 Å². The Labute approximate surface area is 126 Å². The zero-order valence-electron chi connectivity index (χ0n) is 11.5. The third kappa shape index (κ3) is 3.25. The fourth-order valence-electron chi connectivity index (χ4n) is 2.45. The molecule has 21 heavy (non-hydrogen) atoms. The molecule has 0 aliphatic heterocycles. The van der Waals surface area contributed by atoms with E-state index in [1.807, 2.05) is 24.3 Å². The number of aromatic amines is 1. The summed E-state index contributed by atoms with van der Waals surface area (Å²) in [7, 11) is 0. The molecular weight excluding hydrogens is 286 g/mol. The summed E-state index contributed by atoms with van der Waals surface area (Å²) in [6.07, 6.45) is 5.04. The van der Waals surface area contributed by atoms with Crippen LogP contribution in [0.3, 0.4) is 0 Å². The fourth-order valence-corrected chi connectivity index (χ4v) is 3.14. The molecule has 1 heterocycles. The van der Waals surface area contributed by atoms with Crippen LogP contribution in [0.15, 0.2) is 40.6 Å². The van der Waals surface area contributed by atoms with Crippen LogP contribution in [0.4, 0.5) is 5.69 Å². The van der Waals surface area contributed by atoms with Crippen molar-refractivity contribution in [1.82, 2.24) is 15.2 Å². The van der Waals surface area contributed by atoms with Gasteiger partial charge in [0.2, 0.25) is 5.91 Å². The van der Waals surface area contributed by atoms with E-state index in [0.29, 0.717) is 0 Å². The first-order valence-corrected chi connectivity index (χ1v) is 7.71. The lowest BCUT2D eigenvalue weighted by atomic mass is 9.98. The largest absolute Gasteiger partial charge is 0.324 e. The Balaban J connectivity index is 1.63. The average molecular weight is 303 g/mol. The average Bonchev–Trinajstić information content (AvgIpc) is 3.13. The van der Waals surface area contributed by atoms with E-state index in [2.05, 4.69) is 20.5 Å². The van der Waals surface area contributed by atoms with Gasteiger partial charge in [-0.25, -0.2) is 4.98 Å². The van der Waals surface area contributed by atoms with Gasteiger partial charge in [-0.15, -0.1) is 0 Å². The number of hydrogen-bond acceptors (Lipinski definition) is 5. The molecule has 7 heteroatoms. The van der Waals surface area contributed by atoms with Crippen molar-refractivity contribution in [2.45, 2.75) is 41.3 Å². The monoisotopic (exact) mass is 303 g/mol. The molecule has 2 aromatic rings. The highest BCUT2D eigenvalue weighted by molar-refractivity contribution is 7.99. The van der Waals surface area contributed by atoms with Gasteiger partial charge in [0.05, 0.1) is 5.54 Å². The Kier molecular flexibility index (Phi) is 3.94. The Morgan fingerprint density at radius 2 is 2.00 bits per heavy atom. The lowest BCUT2D eigenvalue weighted by Gasteiger charge is -2.22. The molecule has 0 radical (unpaired) electrons. The third-order valence-corrected chi connectivity index (χ3v) is 4.57. The zero-order chi connectivity index (χ0) is 14.7. The number of amides is 1. The number of aromatic nitrogens is 3. The SMILES string of the molecule is NC1(C(=O)Nc2ccc(Sc3ncn[nH]3)cc2)CCCC1. The van der Waals surface area contributed by atoms with Gasteiger partial charge in [-0.2, -0.15) is 5.10 Å². The second-order valence-corrected chi connectivity index (χ2v) is 6.30. The predicted octanol–water partition coefficient (Wildman–Crippen LogP) is 2.17. The smallest absolute Gasteiger partial charge is 0.244 e. The van der Waals surface area contributed by atoms with Crippen molar-refractivity contribution in [3.05, 3.63) is 30.6 Å². The zero-order valence-corrected chi connectivity index (χ0v) is 12.3. The molecule has 0 saturated heterocycles. The molecule has 110 valence electrons. The molecule has 3 rings (SSSR count). The summed E-state index contributed by atoms with van der Waals surface area (Å²) >= 11 is 1.48. The molecule has 0 unspecified atom stereocenters. The number of hydrogen-bond donors (Lipinski definition) is 3. The number of nitrogens with zero attached hydrogens (tertiary/aromatic N) is 2. The van der Waals surface area contributed by atoms with Gasteiger partial charge in [0.15, 0.2) is 5.16 Å². The van der Waals surface area contributed by atoms with Crippen LogP contribution < -0.4 is 11.1 Å². The summed E-state index contributed by atoms with van der Waals surface area (Å²) in [5, 5.41) is 10.2. The van der Waals surface area contributed by atoms with Gasteiger partial charge in [-0.1, -0.05) is 24.6 Å². The fraction of sp³-hybridized carbons (Fsp3) is 0.357. The molecule has 6 nitrogen and oxygen atoms in total. The standard InChI is InChI=1S/C14H17N5OS/c15-14(7-1-2-8-14)12(20)18-10-3-5-11(6-4-10)21-13-16-9-17-19-13/h3-6,9H,1-2,7-8,15H2,(H,18,20)(H,16,17,19). The predicted molar refractivity (Wildman–Crippen MR) is 81.0 cm³/mol. The number of rotatable bonds is 4. The van der Waals surface area contributed by atoms with E-state index in [1.165, 1.54) is 18.1 Å². The lowest BCUT2D eigenvalue weighted by molar-refractivity contribution is -0.121. The first kappa shape index (κ1) is 14.1. The summed E-state index contributed by atoms with van der Waals surface area (Å²) in [5.41, 5.74) is 6.20. The van der Waals surface area contributed by atoms with Crippen molar-refractivity contribution < 1.29 is 4.79 Å². The normalized spacial score (nSPS) is 16.8. The topological polar surface area (TPSA) is 96.7 Å². The number of nitrogens with two attached hydrogens (primary N) is 1. The highest BCUT2D eigenvalue weighted by atomic mass is 32.2. The van der Waals surface area contributed by atoms with Crippen molar-refractivity contribution in [3.63, 3.8) is 0 Å². The number of H-pyrrole nitrogens is 1. The maximum Gasteiger partial charge on any atom is 0.244 e. The summed E-state index contributed by atoms with van der Waals surface area (Å²) in [5.74, 6) is -0.0874. The molecule has 1 amide bonds. The lowest BCUT2D eigenvalue weighted by Crippen LogP contribution is -2.48. The second kappa shape index (κ2) is 5.87. The third-order valence-electron chi connectivity index (χ3n) is 3.67. The van der Waals surface area contributed by atoms with Crippen molar-refractivity contribution in [1.29, 1.82) is 0 Å². The minimum Gasteiger partial charge on any atom is -0.324 e. The van der Waals surface area contributed by atoms with E-state index in [1.54, 1.807) is 0 Å². The highest BCUT2D eigenvalue weighted by Gasteiger charge is 2.36. The van der Waals surface area contributed by atoms with E-state index < -0.39 is 5.54 Å². The van der Waals surface area contributed by atoms with Gasteiger partial charge in [0.25, 0.3) is 0 Å². The molecule has 0 bridgehead atoms. The van der Waals surface area contributed by atoms with Gasteiger partial charge in [-0.3, -0.25) is 9.89 Å². The van der Waals surface area contributed by atoms with Crippen LogP contribution in [-0.4, -0.2) is 26.6 Å². The summed E-state index contributed by atoms with van der Waals surface area (Å²) in [6, 6.07) is 7.60. The summed E-state index contributed by atoms with van der Waals surface area (Å²) < 4.78 is 0. The van der Waals surface area contributed by atoms with E-state index in [0.717, 1.165) is 41.4 Å². The first-order valence-electron chi connectivity index (χ1n) is 6.89. The molecule has 1 aliphatic rings. The van der Waals surface area contributed by atoms with Crippen LogP contribution in [0, 0.1) is 0 Å². The van der Waals surface area contributed by atoms with Gasteiger partial charge >= 0.3 is 0 Å². The highest BCUT2D eigenvalue weighted by Crippen LogP contribution is 2.29. The van der Waals surface area contributed by atoms with Crippen LogP contribution in [-0.2, 0) is 4.79 Å². The Morgan fingerprint density at radius 3 is 2.62 bits per heavy atom. The van der Waals surface area contributed by atoms with Gasteiger partial charge in [0, 0.05) is 10.6 Å². The number of nitrogens with one attached hydrogen (secondary N) is 2. The van der Waals surface area contributed by atoms with Crippen LogP contribution >= 0.6 is 11.8 Å². The van der Waals surface area contributed by atoms with Gasteiger partial charge in [-0.05, 0) is 37.1 Å². The number of carbonyl (C=O) groups is 1. The Morgan fingerprint density at radius 1 is 1.29 bits per heavy atom. The van der Waals surface area contributed by atoms with Crippen molar-refractivity contribution >= 4 is 23.4 Å². The van der Waals surface area contributed by atoms with E-state index in [-0.39, 0.29) is 5.91 Å². The minimum atomic E-state index is -0.701. The molecule has 1 aromatic heterocycles. The Hall–Kier alpha value is -1.86. The van der Waals surface area contributed by atoms with E-state index in [9.17, 15) is 4.79 Å². The van der Waals surface area contributed by atoms with Crippen LogP contribution in [0.1, 0.15) is 25.7 Å². The molecule has 0 atom stereocenters.